The predicted octanol–water partition coefficient (Wildman–Crippen LogP) is 2.82. The summed E-state index contributed by atoms with van der Waals surface area (Å²) in [5.74, 6) is 1.37. The SMILES string of the molecule is COc1ccc2c(c1)C(NC1CCCCC1CO)CC2. The number of nitrogens with one attached hydrogen (secondary N) is 1. The van der Waals surface area contributed by atoms with Gasteiger partial charge in [0.25, 0.3) is 0 Å². The number of aryl methyl sites for hydroxylation is 1. The van der Waals surface area contributed by atoms with Crippen molar-refractivity contribution in [2.24, 2.45) is 5.92 Å². The zero-order valence-corrected chi connectivity index (χ0v) is 12.3. The monoisotopic (exact) mass is 275 g/mol. The standard InChI is InChI=1S/C17H25NO2/c1-20-14-8-6-12-7-9-17(15(12)10-14)18-16-5-3-2-4-13(16)11-19/h6,8,10,13,16-19H,2-5,7,9,11H2,1H3. The van der Waals surface area contributed by atoms with Gasteiger partial charge in [0, 0.05) is 18.7 Å². The topological polar surface area (TPSA) is 41.5 Å². The summed E-state index contributed by atoms with van der Waals surface area (Å²) in [5, 5.41) is 13.4. The Labute approximate surface area is 121 Å². The van der Waals surface area contributed by atoms with E-state index in [4.69, 9.17) is 4.74 Å². The fourth-order valence-corrected chi connectivity index (χ4v) is 3.78. The lowest BCUT2D eigenvalue weighted by Crippen LogP contribution is -2.41. The fraction of sp³-hybridized carbons (Fsp3) is 0.647. The first kappa shape index (κ1) is 13.9. The maximum absolute atomic E-state index is 9.55. The molecule has 0 saturated heterocycles. The third kappa shape index (κ3) is 2.70. The molecule has 1 aromatic carbocycles. The number of benzene rings is 1. The van der Waals surface area contributed by atoms with Crippen LogP contribution in [0.3, 0.4) is 0 Å². The van der Waals surface area contributed by atoms with Gasteiger partial charge in [0.15, 0.2) is 0 Å². The van der Waals surface area contributed by atoms with Crippen molar-refractivity contribution in [1.82, 2.24) is 5.32 Å². The number of aliphatic hydroxyl groups is 1. The van der Waals surface area contributed by atoms with Crippen LogP contribution in [-0.4, -0.2) is 24.9 Å². The second-order valence-corrected chi connectivity index (χ2v) is 6.16. The second kappa shape index (κ2) is 6.15. The molecule has 0 aromatic heterocycles. The van der Waals surface area contributed by atoms with Crippen LogP contribution in [-0.2, 0) is 6.42 Å². The quantitative estimate of drug-likeness (QED) is 0.888. The van der Waals surface area contributed by atoms with Gasteiger partial charge in [-0.15, -0.1) is 0 Å². The van der Waals surface area contributed by atoms with E-state index in [0.29, 0.717) is 24.6 Å². The minimum Gasteiger partial charge on any atom is -0.497 e. The number of hydrogen-bond acceptors (Lipinski definition) is 3. The average Bonchev–Trinajstić information content (AvgIpc) is 2.90. The lowest BCUT2D eigenvalue weighted by molar-refractivity contribution is 0.145. The van der Waals surface area contributed by atoms with Gasteiger partial charge in [-0.1, -0.05) is 18.9 Å². The van der Waals surface area contributed by atoms with Gasteiger partial charge in [-0.05, 0) is 54.9 Å². The molecular formula is C17H25NO2. The lowest BCUT2D eigenvalue weighted by Gasteiger charge is -2.33. The van der Waals surface area contributed by atoms with Crippen LogP contribution in [0.2, 0.25) is 0 Å². The molecule has 1 aromatic rings. The van der Waals surface area contributed by atoms with Gasteiger partial charge in [0.1, 0.15) is 5.75 Å². The van der Waals surface area contributed by atoms with E-state index in [9.17, 15) is 5.11 Å². The average molecular weight is 275 g/mol. The molecule has 3 rings (SSSR count). The van der Waals surface area contributed by atoms with Crippen LogP contribution in [0.1, 0.15) is 49.3 Å². The molecule has 0 radical (unpaired) electrons. The third-order valence-electron chi connectivity index (χ3n) is 4.99. The summed E-state index contributed by atoms with van der Waals surface area (Å²) in [7, 11) is 1.72. The summed E-state index contributed by atoms with van der Waals surface area (Å²) in [6.45, 7) is 0.315. The zero-order chi connectivity index (χ0) is 13.9. The number of fused-ring (bicyclic) bond motifs is 1. The minimum absolute atomic E-state index is 0.315. The van der Waals surface area contributed by atoms with Crippen molar-refractivity contribution in [3.05, 3.63) is 29.3 Å². The van der Waals surface area contributed by atoms with Crippen molar-refractivity contribution in [2.45, 2.75) is 50.6 Å². The maximum atomic E-state index is 9.55. The molecule has 1 saturated carbocycles. The van der Waals surface area contributed by atoms with Crippen LogP contribution in [0, 0.1) is 5.92 Å². The maximum Gasteiger partial charge on any atom is 0.119 e. The number of rotatable bonds is 4. The highest BCUT2D eigenvalue weighted by Gasteiger charge is 2.30. The molecule has 3 atom stereocenters. The van der Waals surface area contributed by atoms with Crippen molar-refractivity contribution in [2.75, 3.05) is 13.7 Å². The Morgan fingerprint density at radius 3 is 2.90 bits per heavy atom. The summed E-state index contributed by atoms with van der Waals surface area (Å²) in [5.41, 5.74) is 2.84. The number of methoxy groups -OCH3 is 1. The summed E-state index contributed by atoms with van der Waals surface area (Å²) < 4.78 is 5.35. The van der Waals surface area contributed by atoms with Gasteiger partial charge >= 0.3 is 0 Å². The van der Waals surface area contributed by atoms with Gasteiger partial charge in [-0.25, -0.2) is 0 Å². The van der Waals surface area contributed by atoms with E-state index in [1.807, 2.05) is 0 Å². The van der Waals surface area contributed by atoms with E-state index in [1.165, 1.54) is 30.4 Å². The molecule has 3 nitrogen and oxygen atoms in total. The second-order valence-electron chi connectivity index (χ2n) is 6.16. The van der Waals surface area contributed by atoms with Crippen LogP contribution < -0.4 is 10.1 Å². The van der Waals surface area contributed by atoms with E-state index in [1.54, 1.807) is 7.11 Å². The van der Waals surface area contributed by atoms with Crippen LogP contribution in [0.5, 0.6) is 5.75 Å². The van der Waals surface area contributed by atoms with E-state index in [0.717, 1.165) is 25.0 Å². The Kier molecular flexibility index (Phi) is 4.27. The Hall–Kier alpha value is -1.06. The Morgan fingerprint density at radius 1 is 1.25 bits per heavy atom. The van der Waals surface area contributed by atoms with Crippen LogP contribution >= 0.6 is 0 Å². The summed E-state index contributed by atoms with van der Waals surface area (Å²) in [6, 6.07) is 7.32. The predicted molar refractivity (Wildman–Crippen MR) is 80.0 cm³/mol. The van der Waals surface area contributed by atoms with E-state index < -0.39 is 0 Å². The van der Waals surface area contributed by atoms with Crippen molar-refractivity contribution in [3.63, 3.8) is 0 Å². The Balaban J connectivity index is 1.73. The van der Waals surface area contributed by atoms with Gasteiger partial charge in [0.2, 0.25) is 0 Å². The molecular weight excluding hydrogens is 250 g/mol. The molecule has 110 valence electrons. The fourth-order valence-electron chi connectivity index (χ4n) is 3.78. The molecule has 0 spiro atoms. The molecule has 0 aliphatic heterocycles. The van der Waals surface area contributed by atoms with Crippen molar-refractivity contribution >= 4 is 0 Å². The minimum atomic E-state index is 0.315. The zero-order valence-electron chi connectivity index (χ0n) is 12.3. The van der Waals surface area contributed by atoms with Gasteiger partial charge in [0.05, 0.1) is 7.11 Å². The molecule has 0 heterocycles. The first-order valence-corrected chi connectivity index (χ1v) is 7.85. The normalized spacial score (nSPS) is 29.2. The lowest BCUT2D eigenvalue weighted by atomic mass is 9.84. The summed E-state index contributed by atoms with van der Waals surface area (Å²) >= 11 is 0. The smallest absolute Gasteiger partial charge is 0.119 e. The Morgan fingerprint density at radius 2 is 2.10 bits per heavy atom. The third-order valence-corrected chi connectivity index (χ3v) is 4.99. The molecule has 3 heteroatoms. The molecule has 0 bridgehead atoms. The van der Waals surface area contributed by atoms with Crippen molar-refractivity contribution in [3.8, 4) is 5.75 Å². The molecule has 0 amide bonds. The number of ether oxygens (including phenoxy) is 1. The summed E-state index contributed by atoms with van der Waals surface area (Å²) in [6.07, 6.45) is 7.21. The van der Waals surface area contributed by atoms with Crippen molar-refractivity contribution < 1.29 is 9.84 Å². The largest absolute Gasteiger partial charge is 0.497 e. The molecule has 2 N–H and O–H groups in total. The highest BCUT2D eigenvalue weighted by Crippen LogP contribution is 2.36. The van der Waals surface area contributed by atoms with Crippen LogP contribution in [0.15, 0.2) is 18.2 Å². The van der Waals surface area contributed by atoms with Gasteiger partial charge < -0.3 is 15.2 Å². The number of aliphatic hydroxyl groups excluding tert-OH is 1. The number of hydrogen-bond donors (Lipinski definition) is 2. The molecule has 2 aliphatic carbocycles. The van der Waals surface area contributed by atoms with Crippen molar-refractivity contribution in [1.29, 1.82) is 0 Å². The van der Waals surface area contributed by atoms with E-state index >= 15 is 0 Å². The first-order chi connectivity index (χ1) is 9.81. The Bertz CT molecular complexity index is 460. The molecule has 3 unspecified atom stereocenters. The van der Waals surface area contributed by atoms with E-state index in [2.05, 4.69) is 23.5 Å². The molecule has 2 aliphatic rings. The van der Waals surface area contributed by atoms with Crippen LogP contribution in [0.4, 0.5) is 0 Å². The highest BCUT2D eigenvalue weighted by atomic mass is 16.5. The van der Waals surface area contributed by atoms with Crippen LogP contribution in [0.25, 0.3) is 0 Å². The summed E-state index contributed by atoms with van der Waals surface area (Å²) in [4.78, 5) is 0. The molecule has 20 heavy (non-hydrogen) atoms. The highest BCUT2D eigenvalue weighted by molar-refractivity contribution is 5.40. The van der Waals surface area contributed by atoms with E-state index in [-0.39, 0.29) is 0 Å². The van der Waals surface area contributed by atoms with Gasteiger partial charge in [-0.3, -0.25) is 0 Å². The molecule has 1 fully saturated rings. The van der Waals surface area contributed by atoms with Gasteiger partial charge in [-0.2, -0.15) is 0 Å². The first-order valence-electron chi connectivity index (χ1n) is 7.85.